The Bertz CT molecular complexity index is 819. The van der Waals surface area contributed by atoms with Crippen LogP contribution in [0, 0.1) is 0 Å². The number of benzene rings is 2. The van der Waals surface area contributed by atoms with Gasteiger partial charge in [-0.1, -0.05) is 24.3 Å². The number of nitrogens with one attached hydrogen (secondary N) is 2. The molecule has 1 heterocycles. The number of hydrogen-bond acceptors (Lipinski definition) is 6. The summed E-state index contributed by atoms with van der Waals surface area (Å²) < 4.78 is 10.6. The number of nitrogens with two attached hydrogens (primary N) is 1. The second-order valence-electron chi connectivity index (χ2n) is 5.45. The third-order valence-corrected chi connectivity index (χ3v) is 3.83. The van der Waals surface area contributed by atoms with Crippen LogP contribution in [0.1, 0.15) is 23.3 Å². The summed E-state index contributed by atoms with van der Waals surface area (Å²) in [5, 5.41) is 10.4. The largest absolute Gasteiger partial charge is 0.493 e. The minimum absolute atomic E-state index is 0.457. The number of aromatic nitrogens is 3. The molecule has 3 aromatic rings. The van der Waals surface area contributed by atoms with Crippen LogP contribution >= 0.6 is 0 Å². The number of nitrogens with zero attached hydrogens (tertiary/aromatic N) is 2. The van der Waals surface area contributed by atoms with Gasteiger partial charge in [0.25, 0.3) is 0 Å². The van der Waals surface area contributed by atoms with Crippen molar-refractivity contribution in [2.75, 3.05) is 19.5 Å². The Morgan fingerprint density at radius 1 is 1.08 bits per heavy atom. The molecule has 0 radical (unpaired) electrons. The first-order chi connectivity index (χ1) is 12.2. The molecule has 0 aliphatic heterocycles. The van der Waals surface area contributed by atoms with Crippen LogP contribution < -0.4 is 20.5 Å². The summed E-state index contributed by atoms with van der Waals surface area (Å²) in [6.45, 7) is 0.537. The first-order valence-electron chi connectivity index (χ1n) is 7.89. The van der Waals surface area contributed by atoms with Crippen LogP contribution in [0.15, 0.2) is 48.5 Å². The molecule has 2 aromatic carbocycles. The van der Waals surface area contributed by atoms with Gasteiger partial charge in [0, 0.05) is 5.69 Å². The second kappa shape index (κ2) is 7.67. The Labute approximate surface area is 146 Å². The molecule has 3 rings (SSSR count). The highest BCUT2D eigenvalue weighted by molar-refractivity contribution is 5.45. The van der Waals surface area contributed by atoms with Gasteiger partial charge in [-0.15, -0.1) is 0 Å². The third-order valence-electron chi connectivity index (χ3n) is 3.83. The van der Waals surface area contributed by atoms with Gasteiger partial charge >= 0.3 is 0 Å². The van der Waals surface area contributed by atoms with Crippen molar-refractivity contribution < 1.29 is 9.47 Å². The molecule has 0 unspecified atom stereocenters. The van der Waals surface area contributed by atoms with Gasteiger partial charge in [0.15, 0.2) is 17.3 Å². The molecule has 0 saturated carbocycles. The zero-order valence-corrected chi connectivity index (χ0v) is 14.2. The molecule has 0 spiro atoms. The van der Waals surface area contributed by atoms with E-state index in [1.54, 1.807) is 14.2 Å². The van der Waals surface area contributed by atoms with Crippen molar-refractivity contribution in [3.8, 4) is 11.5 Å². The van der Waals surface area contributed by atoms with Gasteiger partial charge in [-0.3, -0.25) is 5.10 Å². The van der Waals surface area contributed by atoms with E-state index in [2.05, 4.69) is 20.5 Å². The number of H-pyrrole nitrogens is 1. The van der Waals surface area contributed by atoms with E-state index in [0.717, 1.165) is 17.1 Å². The lowest BCUT2D eigenvalue weighted by atomic mass is 10.1. The first-order valence-corrected chi connectivity index (χ1v) is 7.89. The van der Waals surface area contributed by atoms with Crippen LogP contribution in [-0.4, -0.2) is 29.4 Å². The van der Waals surface area contributed by atoms with E-state index in [4.69, 9.17) is 15.2 Å². The Hall–Kier alpha value is -3.06. The average molecular weight is 339 g/mol. The fourth-order valence-corrected chi connectivity index (χ4v) is 2.47. The van der Waals surface area contributed by atoms with Crippen molar-refractivity contribution in [1.82, 2.24) is 15.2 Å². The van der Waals surface area contributed by atoms with Gasteiger partial charge in [0.2, 0.25) is 0 Å². The SMILES string of the molecule is COc1ccc([C@H](N)c2n[nH]c(CNc3ccccc3)n2)cc1OC. The third kappa shape index (κ3) is 3.89. The van der Waals surface area contributed by atoms with Gasteiger partial charge in [0.05, 0.1) is 26.8 Å². The van der Waals surface area contributed by atoms with Gasteiger partial charge in [-0.05, 0) is 29.8 Å². The number of hydrogen-bond donors (Lipinski definition) is 3. The molecule has 0 aliphatic rings. The Morgan fingerprint density at radius 3 is 2.56 bits per heavy atom. The Morgan fingerprint density at radius 2 is 1.84 bits per heavy atom. The quantitative estimate of drug-likeness (QED) is 0.612. The zero-order chi connectivity index (χ0) is 17.6. The normalized spacial score (nSPS) is 11.8. The van der Waals surface area contributed by atoms with Crippen molar-refractivity contribution in [2.24, 2.45) is 5.73 Å². The minimum Gasteiger partial charge on any atom is -0.493 e. The van der Waals surface area contributed by atoms with E-state index in [0.29, 0.717) is 23.9 Å². The van der Waals surface area contributed by atoms with Gasteiger partial charge < -0.3 is 20.5 Å². The molecule has 1 aromatic heterocycles. The maximum atomic E-state index is 6.29. The number of aromatic amines is 1. The van der Waals surface area contributed by atoms with E-state index in [1.165, 1.54) is 0 Å². The molecule has 25 heavy (non-hydrogen) atoms. The summed E-state index contributed by atoms with van der Waals surface area (Å²) in [5.74, 6) is 2.52. The lowest BCUT2D eigenvalue weighted by Crippen LogP contribution is -2.14. The molecule has 0 aliphatic carbocycles. The van der Waals surface area contributed by atoms with E-state index in [-0.39, 0.29) is 0 Å². The summed E-state index contributed by atoms with van der Waals surface area (Å²) in [5.41, 5.74) is 8.15. The van der Waals surface area contributed by atoms with Crippen LogP contribution in [0.4, 0.5) is 5.69 Å². The molecule has 0 fully saturated rings. The van der Waals surface area contributed by atoms with Crippen molar-refractivity contribution in [2.45, 2.75) is 12.6 Å². The monoisotopic (exact) mass is 339 g/mol. The van der Waals surface area contributed by atoms with Gasteiger partial charge in [-0.2, -0.15) is 5.10 Å². The number of ether oxygens (including phenoxy) is 2. The first kappa shape index (κ1) is 16.8. The average Bonchev–Trinajstić information content (AvgIpc) is 3.15. The molecule has 4 N–H and O–H groups in total. The Balaban J connectivity index is 1.71. The molecular weight excluding hydrogens is 318 g/mol. The molecule has 0 saturated heterocycles. The molecule has 7 nitrogen and oxygen atoms in total. The Kier molecular flexibility index (Phi) is 5.15. The fraction of sp³-hybridized carbons (Fsp3) is 0.222. The fourth-order valence-electron chi connectivity index (χ4n) is 2.47. The van der Waals surface area contributed by atoms with Crippen molar-refractivity contribution in [1.29, 1.82) is 0 Å². The van der Waals surface area contributed by atoms with Gasteiger partial charge in [-0.25, -0.2) is 4.98 Å². The number of anilines is 1. The molecule has 0 amide bonds. The van der Waals surface area contributed by atoms with Crippen molar-refractivity contribution in [3.63, 3.8) is 0 Å². The highest BCUT2D eigenvalue weighted by atomic mass is 16.5. The predicted molar refractivity (Wildman–Crippen MR) is 95.7 cm³/mol. The number of para-hydroxylation sites is 1. The van der Waals surface area contributed by atoms with Crippen LogP contribution in [0.2, 0.25) is 0 Å². The standard InChI is InChI=1S/C18H21N5O2/c1-24-14-9-8-12(10-15(14)25-2)17(19)18-21-16(22-23-18)11-20-13-6-4-3-5-7-13/h3-10,17,20H,11,19H2,1-2H3,(H,21,22,23)/t17-/m0/s1. The predicted octanol–water partition coefficient (Wildman–Crippen LogP) is 2.48. The minimum atomic E-state index is -0.457. The molecule has 1 atom stereocenters. The van der Waals surface area contributed by atoms with Crippen LogP contribution in [-0.2, 0) is 6.54 Å². The summed E-state index contributed by atoms with van der Waals surface area (Å²) in [4.78, 5) is 4.47. The number of methoxy groups -OCH3 is 2. The van der Waals surface area contributed by atoms with Crippen molar-refractivity contribution >= 4 is 5.69 Å². The summed E-state index contributed by atoms with van der Waals surface area (Å²) >= 11 is 0. The lowest BCUT2D eigenvalue weighted by molar-refractivity contribution is 0.354. The zero-order valence-electron chi connectivity index (χ0n) is 14.2. The lowest BCUT2D eigenvalue weighted by Gasteiger charge is -2.12. The highest BCUT2D eigenvalue weighted by Crippen LogP contribution is 2.30. The molecule has 130 valence electrons. The second-order valence-corrected chi connectivity index (χ2v) is 5.45. The van der Waals surface area contributed by atoms with Crippen LogP contribution in [0.25, 0.3) is 0 Å². The summed E-state index contributed by atoms with van der Waals surface area (Å²) in [7, 11) is 3.19. The topological polar surface area (TPSA) is 98.1 Å². The number of rotatable bonds is 7. The van der Waals surface area contributed by atoms with Crippen molar-refractivity contribution in [3.05, 3.63) is 65.7 Å². The highest BCUT2D eigenvalue weighted by Gasteiger charge is 2.16. The van der Waals surface area contributed by atoms with E-state index in [9.17, 15) is 0 Å². The smallest absolute Gasteiger partial charge is 0.171 e. The molecule has 7 heteroatoms. The van der Waals surface area contributed by atoms with Gasteiger partial charge in [0.1, 0.15) is 5.82 Å². The van der Waals surface area contributed by atoms with E-state index in [1.807, 2.05) is 48.5 Å². The molecular formula is C18H21N5O2. The maximum absolute atomic E-state index is 6.29. The van der Waals surface area contributed by atoms with Crippen LogP contribution in [0.5, 0.6) is 11.5 Å². The molecule has 0 bridgehead atoms. The van der Waals surface area contributed by atoms with E-state index >= 15 is 0 Å². The summed E-state index contributed by atoms with van der Waals surface area (Å²) in [6.07, 6.45) is 0. The maximum Gasteiger partial charge on any atom is 0.171 e. The van der Waals surface area contributed by atoms with E-state index < -0.39 is 6.04 Å². The van der Waals surface area contributed by atoms with Crippen LogP contribution in [0.3, 0.4) is 0 Å². The summed E-state index contributed by atoms with van der Waals surface area (Å²) in [6, 6.07) is 15.0.